The minimum Gasteiger partial charge on any atom is -0.473 e. The van der Waals surface area contributed by atoms with Crippen molar-refractivity contribution in [3.8, 4) is 5.88 Å². The molecule has 180 valence electrons. The van der Waals surface area contributed by atoms with Crippen LogP contribution in [0, 0.1) is 13.8 Å². The molecule has 7 nitrogen and oxygen atoms in total. The van der Waals surface area contributed by atoms with E-state index >= 15 is 0 Å². The van der Waals surface area contributed by atoms with Gasteiger partial charge in [0.2, 0.25) is 5.88 Å². The van der Waals surface area contributed by atoms with Gasteiger partial charge in [-0.05, 0) is 45.6 Å². The van der Waals surface area contributed by atoms with E-state index in [0.29, 0.717) is 36.1 Å². The number of rotatable bonds is 4. The molecule has 0 aliphatic carbocycles. The van der Waals surface area contributed by atoms with Gasteiger partial charge in [0, 0.05) is 38.4 Å². The molecule has 0 aromatic carbocycles. The molecule has 33 heavy (non-hydrogen) atoms. The molecule has 2 fully saturated rings. The van der Waals surface area contributed by atoms with Crippen molar-refractivity contribution in [1.29, 1.82) is 0 Å². The zero-order chi connectivity index (χ0) is 23.8. The van der Waals surface area contributed by atoms with E-state index in [2.05, 4.69) is 15.0 Å². The minimum absolute atomic E-state index is 0.0299. The van der Waals surface area contributed by atoms with Gasteiger partial charge in [-0.15, -0.1) is 0 Å². The van der Waals surface area contributed by atoms with Crippen LogP contribution in [0.4, 0.5) is 13.2 Å². The Morgan fingerprint density at radius 3 is 2.36 bits per heavy atom. The Bertz CT molecular complexity index is 978. The number of aryl methyl sites for hydroxylation is 2. The van der Waals surface area contributed by atoms with Crippen molar-refractivity contribution in [2.45, 2.75) is 57.9 Å². The predicted molar refractivity (Wildman–Crippen MR) is 114 cm³/mol. The Balaban J connectivity index is 1.26. The number of alkyl halides is 3. The molecule has 0 bridgehead atoms. The average molecular weight is 487 g/mol. The van der Waals surface area contributed by atoms with Crippen LogP contribution in [0.5, 0.6) is 5.88 Å². The molecule has 4 heterocycles. The van der Waals surface area contributed by atoms with Gasteiger partial charge < -0.3 is 14.2 Å². The molecule has 2 aromatic heterocycles. The number of carbonyl (C=O) groups excluding carboxylic acids is 1. The summed E-state index contributed by atoms with van der Waals surface area (Å²) in [7, 11) is 0. The fourth-order valence-corrected chi connectivity index (χ4v) is 4.78. The van der Waals surface area contributed by atoms with E-state index in [0.717, 1.165) is 51.0 Å². The number of halogens is 4. The maximum atomic E-state index is 12.8. The highest BCUT2D eigenvalue weighted by Crippen LogP contribution is 2.34. The molecule has 0 N–H and O–H groups in total. The molecule has 1 amide bonds. The monoisotopic (exact) mass is 486 g/mol. The summed E-state index contributed by atoms with van der Waals surface area (Å²) in [4.78, 5) is 20.9. The maximum Gasteiger partial charge on any atom is 0.417 e. The predicted octanol–water partition coefficient (Wildman–Crippen LogP) is 4.51. The first-order valence-electron chi connectivity index (χ1n) is 11.0. The van der Waals surface area contributed by atoms with E-state index in [4.69, 9.17) is 20.9 Å². The van der Waals surface area contributed by atoms with Gasteiger partial charge in [0.1, 0.15) is 22.5 Å². The lowest BCUT2D eigenvalue weighted by Gasteiger charge is -2.41. The van der Waals surface area contributed by atoms with Gasteiger partial charge in [-0.2, -0.15) is 13.2 Å². The van der Waals surface area contributed by atoms with E-state index in [1.54, 1.807) is 13.8 Å². The van der Waals surface area contributed by atoms with E-state index in [1.165, 1.54) is 0 Å². The number of hydrogen-bond donors (Lipinski definition) is 0. The standard InChI is InChI=1S/C22H26ClF3N4O3/c1-13-19(14(2)33-28-13)21(31)30-7-3-16(4-8-30)29-9-5-17(6-10-29)32-20-18(23)11-15(12-27-20)22(24,25)26/h11-12,16-17H,3-10H2,1-2H3. The van der Waals surface area contributed by atoms with Gasteiger partial charge in [-0.25, -0.2) is 4.98 Å². The van der Waals surface area contributed by atoms with Crippen LogP contribution >= 0.6 is 11.6 Å². The number of aromatic nitrogens is 2. The Kier molecular flexibility index (Phi) is 6.86. The Morgan fingerprint density at radius 1 is 1.15 bits per heavy atom. The highest BCUT2D eigenvalue weighted by molar-refractivity contribution is 6.31. The normalized spacial score (nSPS) is 19.2. The Labute approximate surface area is 194 Å². The van der Waals surface area contributed by atoms with Crippen LogP contribution in [-0.2, 0) is 6.18 Å². The molecule has 0 unspecified atom stereocenters. The van der Waals surface area contributed by atoms with Gasteiger partial charge in [0.05, 0.1) is 11.3 Å². The average Bonchev–Trinajstić information content (AvgIpc) is 3.12. The summed E-state index contributed by atoms with van der Waals surface area (Å²) in [5.74, 6) is 0.552. The summed E-state index contributed by atoms with van der Waals surface area (Å²) in [5, 5.41) is 3.74. The van der Waals surface area contributed by atoms with Crippen LogP contribution < -0.4 is 4.74 Å². The molecule has 2 aliphatic rings. The largest absolute Gasteiger partial charge is 0.473 e. The zero-order valence-electron chi connectivity index (χ0n) is 18.5. The third-order valence-corrected chi connectivity index (χ3v) is 6.68. The van der Waals surface area contributed by atoms with Gasteiger partial charge in [0.15, 0.2) is 0 Å². The molecule has 2 saturated heterocycles. The molecule has 0 atom stereocenters. The highest BCUT2D eigenvalue weighted by atomic mass is 35.5. The lowest BCUT2D eigenvalue weighted by Crippen LogP contribution is -2.50. The molecule has 11 heteroatoms. The van der Waals surface area contributed by atoms with Crippen LogP contribution in [0.2, 0.25) is 5.02 Å². The summed E-state index contributed by atoms with van der Waals surface area (Å²) in [6, 6.07) is 1.23. The number of nitrogens with zero attached hydrogens (tertiary/aromatic N) is 4. The molecular formula is C22H26ClF3N4O3. The second-order valence-electron chi connectivity index (χ2n) is 8.58. The zero-order valence-corrected chi connectivity index (χ0v) is 19.2. The van der Waals surface area contributed by atoms with E-state index in [9.17, 15) is 18.0 Å². The number of piperidine rings is 2. The molecule has 0 spiro atoms. The number of likely N-dealkylation sites (tertiary alicyclic amines) is 2. The maximum absolute atomic E-state index is 12.8. The van der Waals surface area contributed by atoms with Gasteiger partial charge in [-0.3, -0.25) is 9.69 Å². The van der Waals surface area contributed by atoms with Crippen molar-refractivity contribution in [2.75, 3.05) is 26.2 Å². The first kappa shape index (κ1) is 23.8. The summed E-state index contributed by atoms with van der Waals surface area (Å²) < 4.78 is 49.3. The van der Waals surface area contributed by atoms with Crippen LogP contribution in [0.1, 0.15) is 53.1 Å². The summed E-state index contributed by atoms with van der Waals surface area (Å²) in [6.45, 7) is 6.50. The first-order valence-corrected chi connectivity index (χ1v) is 11.4. The van der Waals surface area contributed by atoms with Crippen molar-refractivity contribution in [1.82, 2.24) is 19.9 Å². The minimum atomic E-state index is -4.49. The molecule has 2 aliphatic heterocycles. The fourth-order valence-electron chi connectivity index (χ4n) is 4.56. The number of amides is 1. The van der Waals surface area contributed by atoms with Crippen molar-refractivity contribution in [3.05, 3.63) is 39.9 Å². The number of ether oxygens (including phenoxy) is 1. The molecular weight excluding hydrogens is 461 g/mol. The molecule has 4 rings (SSSR count). The quantitative estimate of drug-likeness (QED) is 0.633. The number of carbonyl (C=O) groups is 1. The number of hydrogen-bond acceptors (Lipinski definition) is 6. The van der Waals surface area contributed by atoms with E-state index < -0.39 is 11.7 Å². The van der Waals surface area contributed by atoms with Crippen LogP contribution in [0.25, 0.3) is 0 Å². The molecule has 0 saturated carbocycles. The number of pyridine rings is 1. The first-order chi connectivity index (χ1) is 15.6. The highest BCUT2D eigenvalue weighted by Gasteiger charge is 2.34. The van der Waals surface area contributed by atoms with Gasteiger partial charge >= 0.3 is 6.18 Å². The fraction of sp³-hybridized carbons (Fsp3) is 0.591. The van der Waals surface area contributed by atoms with E-state index in [-0.39, 0.29) is 22.9 Å². The van der Waals surface area contributed by atoms with Crippen molar-refractivity contribution < 1.29 is 27.2 Å². The molecule has 0 radical (unpaired) electrons. The topological polar surface area (TPSA) is 71.7 Å². The third kappa shape index (κ3) is 5.27. The van der Waals surface area contributed by atoms with Crippen molar-refractivity contribution in [2.24, 2.45) is 0 Å². The SMILES string of the molecule is Cc1noc(C)c1C(=O)N1CCC(N2CCC(Oc3ncc(C(F)(F)F)cc3Cl)CC2)CC1. The Morgan fingerprint density at radius 2 is 1.82 bits per heavy atom. The lowest BCUT2D eigenvalue weighted by molar-refractivity contribution is -0.137. The smallest absolute Gasteiger partial charge is 0.417 e. The van der Waals surface area contributed by atoms with Gasteiger partial charge in [0.25, 0.3) is 5.91 Å². The lowest BCUT2D eigenvalue weighted by atomic mass is 9.98. The molecule has 2 aromatic rings. The third-order valence-electron chi connectivity index (χ3n) is 6.40. The van der Waals surface area contributed by atoms with Gasteiger partial charge in [-0.1, -0.05) is 16.8 Å². The van der Waals surface area contributed by atoms with Crippen molar-refractivity contribution in [3.63, 3.8) is 0 Å². The van der Waals surface area contributed by atoms with E-state index in [1.807, 2.05) is 4.90 Å². The Hall–Kier alpha value is -2.33. The van der Waals surface area contributed by atoms with Crippen molar-refractivity contribution >= 4 is 17.5 Å². The second kappa shape index (κ2) is 9.50. The second-order valence-corrected chi connectivity index (χ2v) is 8.99. The van der Waals surface area contributed by atoms with Crippen LogP contribution in [-0.4, -0.2) is 64.2 Å². The van der Waals surface area contributed by atoms with Crippen LogP contribution in [0.3, 0.4) is 0 Å². The summed E-state index contributed by atoms with van der Waals surface area (Å²) in [6.07, 6.45) is -0.667. The van der Waals surface area contributed by atoms with Crippen LogP contribution in [0.15, 0.2) is 16.8 Å². The summed E-state index contributed by atoms with van der Waals surface area (Å²) >= 11 is 5.96. The summed E-state index contributed by atoms with van der Waals surface area (Å²) in [5.41, 5.74) is 0.278.